The van der Waals surface area contributed by atoms with Crippen LogP contribution in [-0.4, -0.2) is 17.7 Å². The van der Waals surface area contributed by atoms with Crippen LogP contribution in [0.5, 0.6) is 17.2 Å². The van der Waals surface area contributed by atoms with Crippen molar-refractivity contribution in [2.75, 3.05) is 6.79 Å². The summed E-state index contributed by atoms with van der Waals surface area (Å²) in [4.78, 5) is 16.8. The molecule has 0 bridgehead atoms. The fraction of sp³-hybridized carbons (Fsp3) is 0.120. The lowest BCUT2D eigenvalue weighted by Gasteiger charge is -2.08. The van der Waals surface area contributed by atoms with E-state index in [1.165, 1.54) is 18.2 Å². The molecule has 2 heterocycles. The minimum absolute atomic E-state index is 0.146. The number of carbonyl (C=O) groups excluding carboxylic acids is 1. The lowest BCUT2D eigenvalue weighted by Crippen LogP contribution is -2.23. The van der Waals surface area contributed by atoms with Crippen LogP contribution in [0.3, 0.4) is 0 Å². The van der Waals surface area contributed by atoms with E-state index in [4.69, 9.17) is 14.2 Å². The first-order valence-electron chi connectivity index (χ1n) is 10.4. The maximum atomic E-state index is 14.7. The average molecular weight is 498 g/mol. The molecule has 0 saturated carbocycles. The second-order valence-electron chi connectivity index (χ2n) is 7.57. The Morgan fingerprint density at radius 2 is 1.86 bits per heavy atom. The van der Waals surface area contributed by atoms with Gasteiger partial charge in [0.15, 0.2) is 11.5 Å². The predicted octanol–water partition coefficient (Wildman–Crippen LogP) is 5.47. The van der Waals surface area contributed by atoms with Gasteiger partial charge >= 0.3 is 0 Å². The Balaban J connectivity index is 1.21. The first-order chi connectivity index (χ1) is 17.0. The Hall–Kier alpha value is -4.05. The summed E-state index contributed by atoms with van der Waals surface area (Å²) in [6.45, 7) is 0.246. The molecule has 0 unspecified atom stereocenters. The fourth-order valence-electron chi connectivity index (χ4n) is 3.38. The lowest BCUT2D eigenvalue weighted by molar-refractivity contribution is 0.0946. The number of hydrogen-bond donors (Lipinski definition) is 1. The first kappa shape index (κ1) is 22.7. The Morgan fingerprint density at radius 1 is 1.00 bits per heavy atom. The number of carbonyl (C=O) groups is 1. The van der Waals surface area contributed by atoms with Crippen molar-refractivity contribution in [1.82, 2.24) is 10.3 Å². The molecule has 1 amide bonds. The van der Waals surface area contributed by atoms with Crippen molar-refractivity contribution in [3.05, 3.63) is 94.2 Å². The van der Waals surface area contributed by atoms with Crippen LogP contribution in [-0.2, 0) is 13.2 Å². The number of fused-ring (bicyclic) bond motifs is 1. The van der Waals surface area contributed by atoms with Crippen molar-refractivity contribution in [3.63, 3.8) is 0 Å². The van der Waals surface area contributed by atoms with Crippen molar-refractivity contribution in [2.45, 2.75) is 13.2 Å². The van der Waals surface area contributed by atoms with Gasteiger partial charge in [-0.25, -0.2) is 18.2 Å². The van der Waals surface area contributed by atoms with E-state index in [2.05, 4.69) is 10.3 Å². The van der Waals surface area contributed by atoms with E-state index in [9.17, 15) is 18.0 Å². The number of nitrogens with one attached hydrogen (secondary N) is 1. The maximum absolute atomic E-state index is 14.7. The standard InChI is InChI=1S/C25H17F3N2O4S/c26-16-3-2-15(19(27)8-16)11-32-17-4-5-18(20(28)9-17)25-30-21(12-35-25)24(31)29-10-14-1-6-22-23(7-14)34-13-33-22/h1-9,12H,10-11,13H2,(H,29,31). The lowest BCUT2D eigenvalue weighted by atomic mass is 10.2. The number of rotatable bonds is 7. The molecule has 5 rings (SSSR count). The van der Waals surface area contributed by atoms with Crippen molar-refractivity contribution in [1.29, 1.82) is 0 Å². The van der Waals surface area contributed by atoms with Crippen LogP contribution < -0.4 is 19.5 Å². The van der Waals surface area contributed by atoms with Crippen LogP contribution in [0.15, 0.2) is 60.0 Å². The molecule has 0 radical (unpaired) electrons. The molecule has 0 fully saturated rings. The topological polar surface area (TPSA) is 69.7 Å². The number of nitrogens with zero attached hydrogens (tertiary/aromatic N) is 1. The summed E-state index contributed by atoms with van der Waals surface area (Å²) in [5.41, 5.74) is 1.34. The van der Waals surface area contributed by atoms with Gasteiger partial charge in [-0.05, 0) is 42.0 Å². The number of hydrogen-bond acceptors (Lipinski definition) is 6. The number of thiazole rings is 1. The smallest absolute Gasteiger partial charge is 0.271 e. The van der Waals surface area contributed by atoms with Crippen molar-refractivity contribution < 1.29 is 32.2 Å². The number of halogens is 3. The summed E-state index contributed by atoms with van der Waals surface area (Å²) in [6.07, 6.45) is 0. The molecule has 0 aliphatic carbocycles. The van der Waals surface area contributed by atoms with Crippen molar-refractivity contribution >= 4 is 17.2 Å². The van der Waals surface area contributed by atoms with Gasteiger partial charge in [-0.1, -0.05) is 6.07 Å². The molecule has 6 nitrogen and oxygen atoms in total. The highest BCUT2D eigenvalue weighted by Gasteiger charge is 2.17. The third-order valence-electron chi connectivity index (χ3n) is 5.21. The van der Waals surface area contributed by atoms with Gasteiger partial charge in [0.1, 0.15) is 40.5 Å². The molecular weight excluding hydrogens is 481 g/mol. The van der Waals surface area contributed by atoms with Crippen molar-refractivity contribution in [3.8, 4) is 27.8 Å². The van der Waals surface area contributed by atoms with Gasteiger partial charge in [-0.2, -0.15) is 0 Å². The number of aromatic nitrogens is 1. The van der Waals surface area contributed by atoms with Crippen LogP contribution in [0.2, 0.25) is 0 Å². The third-order valence-corrected chi connectivity index (χ3v) is 6.08. The number of benzene rings is 3. The molecule has 10 heteroatoms. The van der Waals surface area contributed by atoms with E-state index in [1.807, 2.05) is 6.07 Å². The zero-order valence-electron chi connectivity index (χ0n) is 18.0. The Morgan fingerprint density at radius 3 is 2.69 bits per heavy atom. The molecule has 0 spiro atoms. The van der Waals surface area contributed by atoms with E-state index in [-0.39, 0.29) is 42.5 Å². The molecule has 0 atom stereocenters. The van der Waals surface area contributed by atoms with Crippen LogP contribution >= 0.6 is 11.3 Å². The molecule has 3 aromatic carbocycles. The summed E-state index contributed by atoms with van der Waals surface area (Å²) < 4.78 is 57.5. The summed E-state index contributed by atoms with van der Waals surface area (Å²) >= 11 is 1.13. The zero-order valence-corrected chi connectivity index (χ0v) is 18.8. The van der Waals surface area contributed by atoms with Crippen LogP contribution in [0, 0.1) is 17.5 Å². The first-order valence-corrected chi connectivity index (χ1v) is 11.3. The second-order valence-corrected chi connectivity index (χ2v) is 8.43. The third kappa shape index (κ3) is 5.07. The quantitative estimate of drug-likeness (QED) is 0.366. The van der Waals surface area contributed by atoms with Gasteiger partial charge in [-0.15, -0.1) is 11.3 Å². The largest absolute Gasteiger partial charge is 0.489 e. The van der Waals surface area contributed by atoms with Crippen LogP contribution in [0.1, 0.15) is 21.6 Å². The van der Waals surface area contributed by atoms with E-state index < -0.39 is 23.4 Å². The maximum Gasteiger partial charge on any atom is 0.271 e. The van der Waals surface area contributed by atoms with Gasteiger partial charge in [0, 0.05) is 35.2 Å². The molecule has 1 aliphatic rings. The number of amides is 1. The average Bonchev–Trinajstić information content (AvgIpc) is 3.52. The minimum Gasteiger partial charge on any atom is -0.489 e. The van der Waals surface area contributed by atoms with Gasteiger partial charge in [0.25, 0.3) is 5.91 Å². The molecular formula is C25H17F3N2O4S. The second kappa shape index (κ2) is 9.67. The highest BCUT2D eigenvalue weighted by molar-refractivity contribution is 7.13. The summed E-state index contributed by atoms with van der Waals surface area (Å²) in [6, 6.07) is 12.7. The Bertz CT molecular complexity index is 1410. The molecule has 1 aliphatic heterocycles. The van der Waals surface area contributed by atoms with Crippen LogP contribution in [0.25, 0.3) is 10.6 Å². The van der Waals surface area contributed by atoms with E-state index in [1.54, 1.807) is 17.5 Å². The van der Waals surface area contributed by atoms with Gasteiger partial charge in [0.05, 0.1) is 0 Å². The highest BCUT2D eigenvalue weighted by Crippen LogP contribution is 2.33. The van der Waals surface area contributed by atoms with E-state index in [0.29, 0.717) is 16.5 Å². The molecule has 4 aromatic rings. The van der Waals surface area contributed by atoms with E-state index in [0.717, 1.165) is 35.1 Å². The zero-order chi connectivity index (χ0) is 24.4. The summed E-state index contributed by atoms with van der Waals surface area (Å²) in [5, 5.41) is 4.65. The SMILES string of the molecule is O=C(NCc1ccc2c(c1)OCO2)c1csc(-c2ccc(OCc3ccc(F)cc3F)cc2F)n1. The van der Waals surface area contributed by atoms with Gasteiger partial charge < -0.3 is 19.5 Å². The molecule has 35 heavy (non-hydrogen) atoms. The molecule has 1 aromatic heterocycles. The summed E-state index contributed by atoms with van der Waals surface area (Å²) in [5.74, 6) is -0.979. The normalized spacial score (nSPS) is 12.0. The molecule has 0 saturated heterocycles. The van der Waals surface area contributed by atoms with E-state index >= 15 is 0 Å². The monoisotopic (exact) mass is 498 g/mol. The Kier molecular flexibility index (Phi) is 6.28. The Labute approximate surface area is 201 Å². The van der Waals surface area contributed by atoms with Crippen LogP contribution in [0.4, 0.5) is 13.2 Å². The highest BCUT2D eigenvalue weighted by atomic mass is 32.1. The van der Waals surface area contributed by atoms with Crippen molar-refractivity contribution in [2.24, 2.45) is 0 Å². The van der Waals surface area contributed by atoms with Gasteiger partial charge in [0.2, 0.25) is 6.79 Å². The minimum atomic E-state index is -0.741. The van der Waals surface area contributed by atoms with Gasteiger partial charge in [-0.3, -0.25) is 4.79 Å². The number of ether oxygens (including phenoxy) is 3. The molecule has 178 valence electrons. The predicted molar refractivity (Wildman–Crippen MR) is 122 cm³/mol. The fourth-order valence-corrected chi connectivity index (χ4v) is 4.21. The molecule has 1 N–H and O–H groups in total. The summed E-state index contributed by atoms with van der Waals surface area (Å²) in [7, 11) is 0.